The number of aliphatic hydroxyl groups excluding tert-OH is 1. The molecule has 5 rings (SSSR count). The second-order valence-electron chi connectivity index (χ2n) is 7.73. The first kappa shape index (κ1) is 21.6. The number of aromatic hydroxyl groups is 1. The van der Waals surface area contributed by atoms with Gasteiger partial charge in [0.25, 0.3) is 5.91 Å². The van der Waals surface area contributed by atoms with Crippen molar-refractivity contribution in [3.63, 3.8) is 0 Å². The molecule has 1 aromatic heterocycles. The molecule has 0 saturated heterocycles. The largest absolute Gasteiger partial charge is 0.508 e. The molecule has 4 aromatic rings. The third-order valence-electron chi connectivity index (χ3n) is 5.70. The first-order valence-electron chi connectivity index (χ1n) is 10.3. The molecule has 7 nitrogen and oxygen atoms in total. The number of carbonyl (C=O) groups excluding carboxylic acids is 2. The first-order chi connectivity index (χ1) is 16.4. The van der Waals surface area contributed by atoms with E-state index in [9.17, 15) is 19.8 Å². The minimum Gasteiger partial charge on any atom is -0.508 e. The number of amides is 1. The van der Waals surface area contributed by atoms with Crippen LogP contribution in [0.25, 0.3) is 11.0 Å². The number of hydrogen-bond acceptors (Lipinski definition) is 6. The molecule has 1 aliphatic heterocycles. The molecule has 0 fully saturated rings. The summed E-state index contributed by atoms with van der Waals surface area (Å²) in [4.78, 5) is 28.1. The number of nitrogens with zero attached hydrogens (tertiary/aromatic N) is 1. The summed E-state index contributed by atoms with van der Waals surface area (Å²) in [5.41, 5.74) is 1.09. The molecule has 0 spiro atoms. The normalized spacial score (nSPS) is 15.9. The molecule has 2 heterocycles. The Balaban J connectivity index is 1.67. The van der Waals surface area contributed by atoms with Crippen LogP contribution in [0.5, 0.6) is 11.5 Å². The van der Waals surface area contributed by atoms with Crippen molar-refractivity contribution in [3.8, 4) is 11.5 Å². The van der Waals surface area contributed by atoms with Crippen molar-refractivity contribution in [2.75, 3.05) is 12.0 Å². The average Bonchev–Trinajstić information content (AvgIpc) is 3.38. The number of phenols is 1. The summed E-state index contributed by atoms with van der Waals surface area (Å²) in [5.74, 6) is -1.80. The van der Waals surface area contributed by atoms with Crippen molar-refractivity contribution in [3.05, 3.63) is 100 Å². The zero-order valence-electron chi connectivity index (χ0n) is 17.9. The summed E-state index contributed by atoms with van der Waals surface area (Å²) in [6.07, 6.45) is 0. The second-order valence-corrected chi connectivity index (χ2v) is 8.14. The van der Waals surface area contributed by atoms with Gasteiger partial charge in [-0.25, -0.2) is 0 Å². The van der Waals surface area contributed by atoms with Gasteiger partial charge < -0.3 is 19.4 Å². The molecule has 2 N–H and O–H groups in total. The number of carbonyl (C=O) groups is 2. The number of rotatable bonds is 5. The third-order valence-corrected chi connectivity index (χ3v) is 6.00. The first-order valence-corrected chi connectivity index (χ1v) is 10.7. The predicted octanol–water partition coefficient (Wildman–Crippen LogP) is 5.58. The van der Waals surface area contributed by atoms with E-state index >= 15 is 0 Å². The maximum atomic E-state index is 13.6. The van der Waals surface area contributed by atoms with Gasteiger partial charge in [-0.15, -0.1) is 0 Å². The fourth-order valence-corrected chi connectivity index (χ4v) is 4.40. The Morgan fingerprint density at radius 2 is 1.82 bits per heavy atom. The monoisotopic (exact) mass is 475 g/mol. The van der Waals surface area contributed by atoms with E-state index in [0.29, 0.717) is 28.0 Å². The van der Waals surface area contributed by atoms with Crippen LogP contribution >= 0.6 is 11.6 Å². The van der Waals surface area contributed by atoms with Crippen LogP contribution in [0.4, 0.5) is 5.69 Å². The third kappa shape index (κ3) is 3.47. The van der Waals surface area contributed by atoms with Crippen LogP contribution in [0.1, 0.15) is 22.2 Å². The van der Waals surface area contributed by atoms with E-state index < -0.39 is 23.5 Å². The molecule has 0 aliphatic carbocycles. The molecule has 1 atom stereocenters. The Bertz CT molecular complexity index is 1450. The van der Waals surface area contributed by atoms with Crippen LogP contribution in [-0.4, -0.2) is 29.0 Å². The van der Waals surface area contributed by atoms with E-state index in [-0.39, 0.29) is 22.1 Å². The Hall–Kier alpha value is -4.23. The zero-order chi connectivity index (χ0) is 24.0. The molecular weight excluding hydrogens is 458 g/mol. The van der Waals surface area contributed by atoms with Gasteiger partial charge in [0.05, 0.1) is 23.7 Å². The molecule has 0 radical (unpaired) electrons. The number of para-hydroxylation sites is 1. The van der Waals surface area contributed by atoms with Crippen molar-refractivity contribution in [1.29, 1.82) is 0 Å². The Kier molecular flexibility index (Phi) is 5.26. The molecule has 1 unspecified atom stereocenters. The van der Waals surface area contributed by atoms with E-state index in [2.05, 4.69) is 0 Å². The number of Topliss-reactive ketones (excluding diaryl/α,β-unsaturated/α-hetero) is 1. The van der Waals surface area contributed by atoms with Gasteiger partial charge in [-0.2, -0.15) is 0 Å². The van der Waals surface area contributed by atoms with Gasteiger partial charge in [0, 0.05) is 11.1 Å². The number of phenolic OH excluding ortho intramolecular Hbond substituents is 1. The van der Waals surface area contributed by atoms with Crippen LogP contribution in [0.3, 0.4) is 0 Å². The number of fused-ring (bicyclic) bond motifs is 1. The number of halogens is 1. The predicted molar refractivity (Wildman–Crippen MR) is 127 cm³/mol. The van der Waals surface area contributed by atoms with Crippen LogP contribution in [-0.2, 0) is 4.79 Å². The standard InChI is InChI=1S/C26H18ClNO6/c1-33-20-10-9-16(13-18(20)27)28-23(15-6-4-7-17(29)11-15)22(25(31)26(28)32)24(30)21-12-14-5-2-3-8-19(14)34-21/h2-13,23,29,31H,1H3. The van der Waals surface area contributed by atoms with Crippen LogP contribution in [0, 0.1) is 0 Å². The van der Waals surface area contributed by atoms with Crippen molar-refractivity contribution in [2.45, 2.75) is 6.04 Å². The van der Waals surface area contributed by atoms with Crippen molar-refractivity contribution in [1.82, 2.24) is 0 Å². The number of hydrogen-bond donors (Lipinski definition) is 2. The maximum absolute atomic E-state index is 13.6. The van der Waals surface area contributed by atoms with Crippen molar-refractivity contribution >= 4 is 39.9 Å². The molecular formula is C26H18ClNO6. The lowest BCUT2D eigenvalue weighted by molar-refractivity contribution is -0.117. The number of methoxy groups -OCH3 is 1. The molecule has 170 valence electrons. The molecule has 1 amide bonds. The van der Waals surface area contributed by atoms with Gasteiger partial charge >= 0.3 is 0 Å². The molecule has 8 heteroatoms. The summed E-state index contributed by atoms with van der Waals surface area (Å²) in [6.45, 7) is 0. The van der Waals surface area contributed by atoms with Crippen LogP contribution < -0.4 is 9.64 Å². The van der Waals surface area contributed by atoms with Gasteiger partial charge in [0.2, 0.25) is 5.78 Å². The Morgan fingerprint density at radius 3 is 2.53 bits per heavy atom. The van der Waals surface area contributed by atoms with E-state index in [1.807, 2.05) is 6.07 Å². The van der Waals surface area contributed by atoms with E-state index in [1.165, 1.54) is 30.2 Å². The highest BCUT2D eigenvalue weighted by atomic mass is 35.5. The van der Waals surface area contributed by atoms with E-state index in [1.54, 1.807) is 48.5 Å². The van der Waals surface area contributed by atoms with Crippen LogP contribution in [0.2, 0.25) is 5.02 Å². The summed E-state index contributed by atoms with van der Waals surface area (Å²) >= 11 is 6.29. The lowest BCUT2D eigenvalue weighted by Crippen LogP contribution is -2.31. The van der Waals surface area contributed by atoms with E-state index in [4.69, 9.17) is 20.8 Å². The van der Waals surface area contributed by atoms with Gasteiger partial charge in [-0.3, -0.25) is 14.5 Å². The fraction of sp³-hybridized carbons (Fsp3) is 0.0769. The summed E-state index contributed by atoms with van der Waals surface area (Å²) in [5, 5.41) is 21.9. The molecule has 0 saturated carbocycles. The summed E-state index contributed by atoms with van der Waals surface area (Å²) in [6, 6.07) is 18.5. The highest BCUT2D eigenvalue weighted by molar-refractivity contribution is 6.32. The van der Waals surface area contributed by atoms with E-state index in [0.717, 1.165) is 0 Å². The van der Waals surface area contributed by atoms with Crippen molar-refractivity contribution < 1.29 is 29.0 Å². The minimum absolute atomic E-state index is 0.0182. The average molecular weight is 476 g/mol. The van der Waals surface area contributed by atoms with Crippen molar-refractivity contribution in [2.24, 2.45) is 0 Å². The number of benzene rings is 3. The smallest absolute Gasteiger partial charge is 0.294 e. The molecule has 3 aromatic carbocycles. The number of ketones is 1. The van der Waals surface area contributed by atoms with Gasteiger partial charge in [0.1, 0.15) is 17.1 Å². The lowest BCUT2D eigenvalue weighted by Gasteiger charge is -2.27. The number of ether oxygens (including phenoxy) is 1. The lowest BCUT2D eigenvalue weighted by atomic mass is 9.94. The number of aliphatic hydroxyl groups is 1. The molecule has 1 aliphatic rings. The molecule has 34 heavy (non-hydrogen) atoms. The second kappa shape index (κ2) is 8.28. The fourth-order valence-electron chi connectivity index (χ4n) is 4.15. The van der Waals surface area contributed by atoms with Gasteiger partial charge in [-0.05, 0) is 48.0 Å². The Morgan fingerprint density at radius 1 is 1.03 bits per heavy atom. The molecule has 0 bridgehead atoms. The van der Waals surface area contributed by atoms with Gasteiger partial charge in [0.15, 0.2) is 11.5 Å². The topological polar surface area (TPSA) is 100 Å². The van der Waals surface area contributed by atoms with Crippen LogP contribution in [0.15, 0.2) is 88.5 Å². The zero-order valence-corrected chi connectivity index (χ0v) is 18.6. The minimum atomic E-state index is -1.04. The number of anilines is 1. The Labute approximate surface area is 199 Å². The quantitative estimate of drug-likeness (QED) is 0.365. The summed E-state index contributed by atoms with van der Waals surface area (Å²) < 4.78 is 10.9. The summed E-state index contributed by atoms with van der Waals surface area (Å²) in [7, 11) is 1.47. The highest BCUT2D eigenvalue weighted by Crippen LogP contribution is 2.44. The SMILES string of the molecule is COc1ccc(N2C(=O)C(O)=C(C(=O)c3cc4ccccc4o3)C2c2cccc(O)c2)cc1Cl. The number of furan rings is 1. The maximum Gasteiger partial charge on any atom is 0.294 e. The van der Waals surface area contributed by atoms with Gasteiger partial charge in [-0.1, -0.05) is 41.9 Å². The highest BCUT2D eigenvalue weighted by Gasteiger charge is 2.45.